The van der Waals surface area contributed by atoms with Gasteiger partial charge in [0, 0.05) is 11.7 Å². The van der Waals surface area contributed by atoms with Gasteiger partial charge < -0.3 is 10.1 Å². The van der Waals surface area contributed by atoms with Crippen molar-refractivity contribution in [1.29, 1.82) is 0 Å². The fourth-order valence-electron chi connectivity index (χ4n) is 2.03. The summed E-state index contributed by atoms with van der Waals surface area (Å²) in [6.07, 6.45) is 0.568. The maximum absolute atomic E-state index is 11.5. The minimum absolute atomic E-state index is 0.114. The lowest BCUT2D eigenvalue weighted by Gasteiger charge is -2.13. The summed E-state index contributed by atoms with van der Waals surface area (Å²) in [5, 5.41) is 3.40. The Bertz CT molecular complexity index is 600. The van der Waals surface area contributed by atoms with Crippen molar-refractivity contribution < 1.29 is 17.9 Å². The van der Waals surface area contributed by atoms with Crippen LogP contribution in [0.4, 0.5) is 5.69 Å². The minimum atomic E-state index is -2.94. The molecule has 0 saturated carbocycles. The molecule has 0 aromatic heterocycles. The smallest absolute Gasteiger partial charge is 0.339 e. The van der Waals surface area contributed by atoms with Crippen molar-refractivity contribution >= 4 is 33.1 Å². The highest BCUT2D eigenvalue weighted by atomic mass is 35.5. The average Bonchev–Trinajstić information content (AvgIpc) is 2.70. The first-order chi connectivity index (χ1) is 8.91. The SMILES string of the molecule is COC(=O)c1cc(NC2CCS(=O)(=O)C2)ccc1Cl. The summed E-state index contributed by atoms with van der Waals surface area (Å²) in [6, 6.07) is 4.73. The van der Waals surface area contributed by atoms with Crippen LogP contribution in [0.15, 0.2) is 18.2 Å². The largest absolute Gasteiger partial charge is 0.465 e. The lowest BCUT2D eigenvalue weighted by atomic mass is 10.1. The number of halogens is 1. The Hall–Kier alpha value is -1.27. The summed E-state index contributed by atoms with van der Waals surface area (Å²) < 4.78 is 27.4. The number of methoxy groups -OCH3 is 1. The molecule has 1 N–H and O–H groups in total. The Labute approximate surface area is 116 Å². The lowest BCUT2D eigenvalue weighted by Crippen LogP contribution is -2.20. The number of ether oxygens (including phenoxy) is 1. The zero-order valence-corrected chi connectivity index (χ0v) is 11.9. The van der Waals surface area contributed by atoms with E-state index in [-0.39, 0.29) is 23.1 Å². The van der Waals surface area contributed by atoms with Crippen LogP contribution in [0.5, 0.6) is 0 Å². The number of carbonyl (C=O) groups excluding carboxylic acids is 1. The summed E-state index contributed by atoms with van der Waals surface area (Å²) in [6.45, 7) is 0. The van der Waals surface area contributed by atoms with E-state index in [1.807, 2.05) is 0 Å². The molecule has 1 atom stereocenters. The van der Waals surface area contributed by atoms with E-state index in [1.54, 1.807) is 18.2 Å². The van der Waals surface area contributed by atoms with Gasteiger partial charge in [-0.05, 0) is 24.6 Å². The topological polar surface area (TPSA) is 72.5 Å². The summed E-state index contributed by atoms with van der Waals surface area (Å²) in [5.74, 6) is -0.210. The molecule has 0 amide bonds. The standard InChI is InChI=1S/C12H14ClNO4S/c1-18-12(15)10-6-8(2-3-11(10)13)14-9-4-5-19(16,17)7-9/h2-3,6,9,14H,4-5,7H2,1H3. The zero-order chi connectivity index (χ0) is 14.0. The number of rotatable bonds is 3. The van der Waals surface area contributed by atoms with Gasteiger partial charge in [-0.3, -0.25) is 0 Å². The van der Waals surface area contributed by atoms with Gasteiger partial charge in [-0.1, -0.05) is 11.6 Å². The van der Waals surface area contributed by atoms with Crippen LogP contribution < -0.4 is 5.32 Å². The Morgan fingerprint density at radius 3 is 2.79 bits per heavy atom. The highest BCUT2D eigenvalue weighted by molar-refractivity contribution is 7.91. The van der Waals surface area contributed by atoms with Crippen molar-refractivity contribution in [2.45, 2.75) is 12.5 Å². The number of sulfone groups is 1. The fraction of sp³-hybridized carbons (Fsp3) is 0.417. The number of carbonyl (C=O) groups is 1. The van der Waals surface area contributed by atoms with Crippen LogP contribution in [-0.2, 0) is 14.6 Å². The Kier molecular flexibility index (Phi) is 4.01. The second kappa shape index (κ2) is 5.38. The van der Waals surface area contributed by atoms with Gasteiger partial charge in [0.2, 0.25) is 0 Å². The molecule has 1 unspecified atom stereocenters. The van der Waals surface area contributed by atoms with E-state index >= 15 is 0 Å². The van der Waals surface area contributed by atoms with Crippen molar-refractivity contribution in [3.05, 3.63) is 28.8 Å². The van der Waals surface area contributed by atoms with Crippen molar-refractivity contribution in [2.24, 2.45) is 0 Å². The van der Waals surface area contributed by atoms with Gasteiger partial charge in [-0.15, -0.1) is 0 Å². The van der Waals surface area contributed by atoms with Gasteiger partial charge in [0.05, 0.1) is 29.2 Å². The highest BCUT2D eigenvalue weighted by Crippen LogP contribution is 2.23. The van der Waals surface area contributed by atoms with Gasteiger partial charge in [-0.25, -0.2) is 13.2 Å². The first-order valence-electron chi connectivity index (χ1n) is 5.76. The Morgan fingerprint density at radius 1 is 1.47 bits per heavy atom. The molecule has 0 bridgehead atoms. The van der Waals surface area contributed by atoms with Gasteiger partial charge in [0.25, 0.3) is 0 Å². The quantitative estimate of drug-likeness (QED) is 0.861. The van der Waals surface area contributed by atoms with E-state index in [4.69, 9.17) is 11.6 Å². The molecule has 2 rings (SSSR count). The second-order valence-corrected chi connectivity index (χ2v) is 7.07. The van der Waals surface area contributed by atoms with E-state index in [0.717, 1.165) is 0 Å². The summed E-state index contributed by atoms with van der Waals surface area (Å²) in [7, 11) is -1.65. The molecule has 5 nitrogen and oxygen atoms in total. The van der Waals surface area contributed by atoms with Crippen molar-refractivity contribution in [3.63, 3.8) is 0 Å². The molecule has 104 valence electrons. The number of benzene rings is 1. The normalized spacial score (nSPS) is 21.1. The van der Waals surface area contributed by atoms with E-state index in [2.05, 4.69) is 10.1 Å². The molecule has 1 heterocycles. The maximum Gasteiger partial charge on any atom is 0.339 e. The molecule has 0 spiro atoms. The molecular weight excluding hydrogens is 290 g/mol. The molecule has 7 heteroatoms. The van der Waals surface area contributed by atoms with Crippen LogP contribution in [0.25, 0.3) is 0 Å². The number of nitrogens with one attached hydrogen (secondary N) is 1. The second-order valence-electron chi connectivity index (χ2n) is 4.43. The molecule has 1 aromatic carbocycles. The third-order valence-electron chi connectivity index (χ3n) is 2.97. The lowest BCUT2D eigenvalue weighted by molar-refractivity contribution is 0.0601. The number of hydrogen-bond acceptors (Lipinski definition) is 5. The van der Waals surface area contributed by atoms with Gasteiger partial charge in [0.1, 0.15) is 0 Å². The fourth-order valence-corrected chi connectivity index (χ4v) is 3.89. The molecule has 1 aliphatic rings. The van der Waals surface area contributed by atoms with E-state index < -0.39 is 15.8 Å². The Morgan fingerprint density at radius 2 is 2.21 bits per heavy atom. The number of esters is 1. The number of anilines is 1. The summed E-state index contributed by atoms with van der Waals surface area (Å²) in [4.78, 5) is 11.5. The van der Waals surface area contributed by atoms with Gasteiger partial charge >= 0.3 is 5.97 Å². The van der Waals surface area contributed by atoms with Crippen LogP contribution in [0.2, 0.25) is 5.02 Å². The van der Waals surface area contributed by atoms with Gasteiger partial charge in [0.15, 0.2) is 9.84 Å². The molecule has 1 aromatic rings. The minimum Gasteiger partial charge on any atom is -0.465 e. The van der Waals surface area contributed by atoms with Crippen LogP contribution in [0, 0.1) is 0 Å². The molecule has 0 radical (unpaired) electrons. The van der Waals surface area contributed by atoms with Gasteiger partial charge in [-0.2, -0.15) is 0 Å². The molecular formula is C12H14ClNO4S. The molecule has 19 heavy (non-hydrogen) atoms. The molecule has 1 saturated heterocycles. The molecule has 0 aliphatic carbocycles. The van der Waals surface area contributed by atoms with Crippen LogP contribution >= 0.6 is 11.6 Å². The van der Waals surface area contributed by atoms with Crippen molar-refractivity contribution in [2.75, 3.05) is 23.9 Å². The van der Waals surface area contributed by atoms with E-state index in [0.29, 0.717) is 17.1 Å². The number of hydrogen-bond donors (Lipinski definition) is 1. The van der Waals surface area contributed by atoms with E-state index in [1.165, 1.54) is 7.11 Å². The monoisotopic (exact) mass is 303 g/mol. The molecule has 1 fully saturated rings. The van der Waals surface area contributed by atoms with Crippen LogP contribution in [0.3, 0.4) is 0 Å². The summed E-state index contributed by atoms with van der Waals surface area (Å²) >= 11 is 5.91. The third-order valence-corrected chi connectivity index (χ3v) is 5.07. The first kappa shape index (κ1) is 14.1. The Balaban J connectivity index is 2.16. The van der Waals surface area contributed by atoms with E-state index in [9.17, 15) is 13.2 Å². The van der Waals surface area contributed by atoms with Crippen LogP contribution in [-0.4, -0.2) is 39.0 Å². The first-order valence-corrected chi connectivity index (χ1v) is 7.96. The van der Waals surface area contributed by atoms with Crippen molar-refractivity contribution in [1.82, 2.24) is 0 Å². The summed E-state index contributed by atoms with van der Waals surface area (Å²) in [5.41, 5.74) is 0.918. The third kappa shape index (κ3) is 3.39. The zero-order valence-electron chi connectivity index (χ0n) is 10.3. The van der Waals surface area contributed by atoms with Crippen molar-refractivity contribution in [3.8, 4) is 0 Å². The molecule has 1 aliphatic heterocycles. The maximum atomic E-state index is 11.5. The predicted octanol–water partition coefficient (Wildman–Crippen LogP) is 1.73. The highest BCUT2D eigenvalue weighted by Gasteiger charge is 2.27. The van der Waals surface area contributed by atoms with Crippen LogP contribution in [0.1, 0.15) is 16.8 Å². The predicted molar refractivity (Wildman–Crippen MR) is 73.5 cm³/mol. The average molecular weight is 304 g/mol.